The predicted molar refractivity (Wildman–Crippen MR) is 212 cm³/mol. The fourth-order valence-electron chi connectivity index (χ4n) is 11.3. The second kappa shape index (κ2) is 12.7. The number of nitrogens with zero attached hydrogens (tertiary/aromatic N) is 2. The van der Waals surface area contributed by atoms with Crippen molar-refractivity contribution in [3.05, 3.63) is 107 Å². The summed E-state index contributed by atoms with van der Waals surface area (Å²) < 4.78 is 0. The Balaban J connectivity index is 0.861. The number of aryl methyl sites for hydroxylation is 4. The van der Waals surface area contributed by atoms with E-state index in [1.807, 2.05) is 0 Å². The Bertz CT molecular complexity index is 2100. The average molecular weight is 686 g/mol. The minimum Gasteiger partial charge on any atom is -0.342 e. The van der Waals surface area contributed by atoms with Crippen molar-refractivity contribution in [3.8, 4) is 22.3 Å². The number of hydrogen-bond acceptors (Lipinski definition) is 3. The van der Waals surface area contributed by atoms with E-state index in [1.165, 1.54) is 126 Å². The van der Waals surface area contributed by atoms with Gasteiger partial charge in [0.2, 0.25) is 0 Å². The van der Waals surface area contributed by atoms with Crippen LogP contribution in [0, 0.1) is 17.8 Å². The highest BCUT2D eigenvalue weighted by Crippen LogP contribution is 2.49. The molecule has 1 saturated heterocycles. The summed E-state index contributed by atoms with van der Waals surface area (Å²) in [5, 5.41) is 3.92. The molecule has 0 spiro atoms. The quantitative estimate of drug-likeness (QED) is 0.173. The molecule has 5 nitrogen and oxygen atoms in total. The SMILES string of the molecule is c1cc2c(-c3ccc4nc([C@H]5C[C@H]6CCCC[C@H]6C5)[nH]c4c3)cc1CCc1ccc(cc1-c1ccc3nc([C@@H]4C[C@@H]5CCCC[C@@H]5N4)[nH]c3c1)CC2. The van der Waals surface area contributed by atoms with E-state index in [2.05, 4.69) is 88.1 Å². The van der Waals surface area contributed by atoms with Gasteiger partial charge in [0.15, 0.2) is 0 Å². The summed E-state index contributed by atoms with van der Waals surface area (Å²) in [6.45, 7) is 0. The van der Waals surface area contributed by atoms with Crippen molar-refractivity contribution in [1.29, 1.82) is 0 Å². The molecule has 1 aliphatic heterocycles. The molecule has 7 aliphatic carbocycles. The predicted octanol–water partition coefficient (Wildman–Crippen LogP) is 10.9. The van der Waals surface area contributed by atoms with Gasteiger partial charge in [0, 0.05) is 12.0 Å². The second-order valence-electron chi connectivity index (χ2n) is 17.3. The van der Waals surface area contributed by atoms with E-state index < -0.39 is 0 Å². The van der Waals surface area contributed by atoms with Gasteiger partial charge >= 0.3 is 0 Å². The average Bonchev–Trinajstić information content (AvgIpc) is 3.98. The molecule has 3 heterocycles. The van der Waals surface area contributed by atoms with Crippen molar-refractivity contribution in [1.82, 2.24) is 25.3 Å². The van der Waals surface area contributed by atoms with E-state index in [0.717, 1.165) is 65.8 Å². The summed E-state index contributed by atoms with van der Waals surface area (Å²) >= 11 is 0. The zero-order valence-corrected chi connectivity index (χ0v) is 30.4. The van der Waals surface area contributed by atoms with Gasteiger partial charge in [-0.1, -0.05) is 87.1 Å². The topological polar surface area (TPSA) is 69.4 Å². The number of fused-ring (bicyclic) bond motifs is 4. The van der Waals surface area contributed by atoms with Crippen molar-refractivity contribution >= 4 is 22.1 Å². The highest BCUT2D eigenvalue weighted by molar-refractivity contribution is 5.84. The third-order valence-corrected chi connectivity index (χ3v) is 14.2. The van der Waals surface area contributed by atoms with Crippen LogP contribution in [0.15, 0.2) is 72.8 Å². The van der Waals surface area contributed by atoms with Gasteiger partial charge < -0.3 is 15.3 Å². The number of rotatable bonds is 4. The molecule has 6 atom stereocenters. The molecule has 0 amide bonds. The van der Waals surface area contributed by atoms with Gasteiger partial charge in [-0.15, -0.1) is 0 Å². The largest absolute Gasteiger partial charge is 0.342 e. The molecule has 0 unspecified atom stereocenters. The van der Waals surface area contributed by atoms with Gasteiger partial charge in [0.05, 0.1) is 28.1 Å². The molecule has 6 aromatic rings. The number of aromatic amines is 2. The summed E-state index contributed by atoms with van der Waals surface area (Å²) in [5.41, 5.74) is 15.6. The lowest BCUT2D eigenvalue weighted by atomic mass is 9.82. The minimum atomic E-state index is 0.351. The van der Waals surface area contributed by atoms with Gasteiger partial charge in [-0.2, -0.15) is 0 Å². The Kier molecular flexibility index (Phi) is 7.66. The molecule has 14 rings (SSSR count). The van der Waals surface area contributed by atoms with E-state index >= 15 is 0 Å². The van der Waals surface area contributed by atoms with Gasteiger partial charge in [-0.25, -0.2) is 9.97 Å². The fourth-order valence-corrected chi connectivity index (χ4v) is 11.3. The summed E-state index contributed by atoms with van der Waals surface area (Å²) in [5.74, 6) is 5.60. The molecule has 4 aromatic carbocycles. The molecule has 5 heteroatoms. The summed E-state index contributed by atoms with van der Waals surface area (Å²) in [6.07, 6.45) is 19.1. The molecule has 3 saturated carbocycles. The minimum absolute atomic E-state index is 0.351. The van der Waals surface area contributed by atoms with Crippen molar-refractivity contribution in [2.45, 2.75) is 114 Å². The number of benzene rings is 4. The number of nitrogens with one attached hydrogen (secondary N) is 3. The number of hydrogen-bond donors (Lipinski definition) is 3. The Morgan fingerprint density at radius 3 is 1.67 bits per heavy atom. The van der Waals surface area contributed by atoms with Crippen LogP contribution in [0.1, 0.15) is 116 Å². The van der Waals surface area contributed by atoms with Crippen LogP contribution in [0.4, 0.5) is 0 Å². The van der Waals surface area contributed by atoms with Crippen LogP contribution in [0.5, 0.6) is 0 Å². The van der Waals surface area contributed by atoms with Crippen molar-refractivity contribution in [2.24, 2.45) is 17.8 Å². The molecular weight excluding hydrogens is 635 g/mol. The van der Waals surface area contributed by atoms with Crippen LogP contribution in [0.25, 0.3) is 44.3 Å². The van der Waals surface area contributed by atoms with Crippen molar-refractivity contribution in [3.63, 3.8) is 0 Å². The third-order valence-electron chi connectivity index (χ3n) is 14.2. The first-order valence-electron chi connectivity index (χ1n) is 20.7. The number of aromatic nitrogens is 4. The van der Waals surface area contributed by atoms with Crippen LogP contribution < -0.4 is 5.32 Å². The maximum absolute atomic E-state index is 5.15. The Morgan fingerprint density at radius 1 is 0.500 bits per heavy atom. The Morgan fingerprint density at radius 2 is 1.06 bits per heavy atom. The molecule has 52 heavy (non-hydrogen) atoms. The van der Waals surface area contributed by atoms with Crippen molar-refractivity contribution < 1.29 is 0 Å². The Hall–Kier alpha value is -4.22. The number of H-pyrrole nitrogens is 2. The summed E-state index contributed by atoms with van der Waals surface area (Å²) in [4.78, 5) is 17.8. The highest BCUT2D eigenvalue weighted by atomic mass is 15.1. The van der Waals surface area contributed by atoms with Crippen LogP contribution in [-0.2, 0) is 25.7 Å². The Labute approximate surface area is 307 Å². The fraction of sp³-hybridized carbons (Fsp3) is 0.447. The first-order chi connectivity index (χ1) is 25.7. The van der Waals surface area contributed by atoms with Crippen LogP contribution in [0.2, 0.25) is 0 Å². The molecular formula is C47H51N5. The van der Waals surface area contributed by atoms with Crippen LogP contribution in [0.3, 0.4) is 0 Å². The van der Waals surface area contributed by atoms with Crippen molar-refractivity contribution in [2.75, 3.05) is 0 Å². The highest BCUT2D eigenvalue weighted by Gasteiger charge is 2.38. The molecule has 3 N–H and O–H groups in total. The summed E-state index contributed by atoms with van der Waals surface area (Å²) in [7, 11) is 0. The number of imidazole rings is 2. The molecule has 4 bridgehead atoms. The summed E-state index contributed by atoms with van der Waals surface area (Å²) in [6, 6.07) is 29.4. The lowest BCUT2D eigenvalue weighted by molar-refractivity contribution is 0.277. The normalized spacial score (nSPS) is 27.2. The molecule has 264 valence electrons. The lowest BCUT2D eigenvalue weighted by Gasteiger charge is -2.24. The van der Waals surface area contributed by atoms with Crippen LogP contribution in [-0.4, -0.2) is 26.0 Å². The van der Waals surface area contributed by atoms with E-state index in [-0.39, 0.29) is 0 Å². The van der Waals surface area contributed by atoms with Gasteiger partial charge in [0.1, 0.15) is 11.6 Å². The van der Waals surface area contributed by atoms with Gasteiger partial charge in [-0.05, 0) is 144 Å². The van der Waals surface area contributed by atoms with E-state index in [1.54, 1.807) is 0 Å². The first-order valence-corrected chi connectivity index (χ1v) is 20.7. The monoisotopic (exact) mass is 685 g/mol. The molecule has 2 aromatic heterocycles. The zero-order valence-electron chi connectivity index (χ0n) is 30.4. The van der Waals surface area contributed by atoms with E-state index in [4.69, 9.17) is 9.97 Å². The lowest BCUT2D eigenvalue weighted by Crippen LogP contribution is -2.30. The van der Waals surface area contributed by atoms with Crippen LogP contribution >= 0.6 is 0 Å². The van der Waals surface area contributed by atoms with E-state index in [0.29, 0.717) is 18.0 Å². The molecule has 8 aliphatic rings. The third kappa shape index (κ3) is 5.62. The smallest absolute Gasteiger partial charge is 0.124 e. The van der Waals surface area contributed by atoms with Gasteiger partial charge in [-0.3, -0.25) is 0 Å². The second-order valence-corrected chi connectivity index (χ2v) is 17.3. The zero-order chi connectivity index (χ0) is 34.2. The molecule has 4 fully saturated rings. The molecule has 0 radical (unpaired) electrons. The maximum Gasteiger partial charge on any atom is 0.124 e. The van der Waals surface area contributed by atoms with Gasteiger partial charge in [0.25, 0.3) is 0 Å². The maximum atomic E-state index is 5.15. The first kappa shape index (κ1) is 31.3. The van der Waals surface area contributed by atoms with E-state index in [9.17, 15) is 0 Å². The standard InChI is InChI=1S/C47H51N5/c1-2-6-33-24-37(23-32(33)5-1)46-49-41-19-17-34(25-43(41)51-46)38-21-28-9-13-30(38)14-10-29-12-16-31(15-11-28)39(22-29)35-18-20-42-44(26-35)52-47(50-42)45-27-36-7-3-4-8-40(36)48-45/h9,12-13,16-22,25-26,32-33,36-37,40,45,48H,1-8,10-11,14-15,23-24,27H2,(H,49,51)(H,50,52)/t32-,33+,36-,37+,40-,45-/m0/s1.